The highest BCUT2D eigenvalue weighted by Gasteiger charge is 2.16. The third kappa shape index (κ3) is 2.62. The molecule has 102 valence electrons. The number of halogens is 1. The van der Waals surface area contributed by atoms with Crippen LogP contribution in [-0.4, -0.2) is 12.0 Å². The minimum absolute atomic E-state index is 0.187. The Morgan fingerprint density at radius 2 is 2.10 bits per heavy atom. The van der Waals surface area contributed by atoms with Crippen molar-refractivity contribution in [1.82, 2.24) is 10.3 Å². The Balaban J connectivity index is 1.91. The zero-order valence-corrected chi connectivity index (χ0v) is 12.7. The number of nitrogens with zero attached hydrogens (tertiary/aromatic N) is 1. The van der Waals surface area contributed by atoms with Gasteiger partial charge in [-0.05, 0) is 41.2 Å². The van der Waals surface area contributed by atoms with Gasteiger partial charge in [0.2, 0.25) is 0 Å². The summed E-state index contributed by atoms with van der Waals surface area (Å²) in [6.07, 6.45) is 4.49. The Kier molecular flexibility index (Phi) is 3.85. The molecule has 1 N–H and O–H groups in total. The molecule has 3 nitrogen and oxygen atoms in total. The number of furan rings is 1. The minimum atomic E-state index is 0.187. The summed E-state index contributed by atoms with van der Waals surface area (Å²) in [5.41, 5.74) is 3.15. The largest absolute Gasteiger partial charge is 0.464 e. The molecule has 0 saturated carbocycles. The second kappa shape index (κ2) is 5.77. The summed E-state index contributed by atoms with van der Waals surface area (Å²) in [5, 5.41) is 4.50. The Morgan fingerprint density at radius 1 is 1.25 bits per heavy atom. The van der Waals surface area contributed by atoms with Crippen LogP contribution in [0.4, 0.5) is 0 Å². The molecule has 3 rings (SSSR count). The van der Waals surface area contributed by atoms with E-state index in [1.807, 2.05) is 49.8 Å². The number of likely N-dealkylation sites (N-methyl/N-ethyl adjacent to an activating group) is 1. The summed E-state index contributed by atoms with van der Waals surface area (Å²) in [4.78, 5) is 4.44. The first-order valence-corrected chi connectivity index (χ1v) is 7.31. The normalized spacial score (nSPS) is 12.7. The summed E-state index contributed by atoms with van der Waals surface area (Å²) in [5.74, 6) is 0. The fraction of sp³-hybridized carbons (Fsp3) is 0.188. The van der Waals surface area contributed by atoms with Gasteiger partial charge >= 0.3 is 0 Å². The second-order valence-electron chi connectivity index (χ2n) is 4.70. The lowest BCUT2D eigenvalue weighted by Crippen LogP contribution is -2.19. The fourth-order valence-corrected chi connectivity index (χ4v) is 2.61. The Morgan fingerprint density at radius 3 is 2.85 bits per heavy atom. The number of aromatic nitrogens is 1. The van der Waals surface area contributed by atoms with Crippen LogP contribution in [0.1, 0.15) is 17.3 Å². The molecule has 4 heteroatoms. The summed E-state index contributed by atoms with van der Waals surface area (Å²) in [6, 6.07) is 12.3. The molecule has 3 aromatic rings. The van der Waals surface area contributed by atoms with Crippen molar-refractivity contribution in [1.29, 1.82) is 0 Å². The van der Waals surface area contributed by atoms with Crippen molar-refractivity contribution in [3.8, 4) is 0 Å². The maximum atomic E-state index is 5.62. The number of benzene rings is 1. The molecule has 0 aliphatic rings. The van der Waals surface area contributed by atoms with Crippen molar-refractivity contribution in [2.45, 2.75) is 12.5 Å². The van der Waals surface area contributed by atoms with Gasteiger partial charge in [-0.1, -0.05) is 18.2 Å². The first-order chi connectivity index (χ1) is 9.78. The average molecular weight is 331 g/mol. The molecule has 20 heavy (non-hydrogen) atoms. The average Bonchev–Trinajstić information content (AvgIpc) is 2.91. The van der Waals surface area contributed by atoms with E-state index in [1.165, 1.54) is 5.56 Å². The molecule has 0 amide bonds. The van der Waals surface area contributed by atoms with E-state index in [1.54, 1.807) is 0 Å². The maximum Gasteiger partial charge on any atom is 0.134 e. The monoisotopic (exact) mass is 330 g/mol. The number of para-hydroxylation sites is 1. The van der Waals surface area contributed by atoms with Gasteiger partial charge in [0.05, 0.1) is 6.26 Å². The lowest BCUT2D eigenvalue weighted by molar-refractivity contribution is 0.559. The molecule has 1 unspecified atom stereocenters. The molecule has 0 saturated heterocycles. The highest BCUT2D eigenvalue weighted by Crippen LogP contribution is 2.28. The predicted molar refractivity (Wildman–Crippen MR) is 83.7 cm³/mol. The Hall–Kier alpha value is -1.65. The Labute approximate surface area is 126 Å². The van der Waals surface area contributed by atoms with Gasteiger partial charge < -0.3 is 9.73 Å². The van der Waals surface area contributed by atoms with Crippen molar-refractivity contribution in [3.63, 3.8) is 0 Å². The van der Waals surface area contributed by atoms with Crippen LogP contribution in [0.2, 0.25) is 0 Å². The van der Waals surface area contributed by atoms with Crippen LogP contribution >= 0.6 is 15.9 Å². The van der Waals surface area contributed by atoms with Crippen LogP contribution in [0.3, 0.4) is 0 Å². The van der Waals surface area contributed by atoms with E-state index in [0.29, 0.717) is 0 Å². The number of hydrogen-bond donors (Lipinski definition) is 1. The van der Waals surface area contributed by atoms with Crippen LogP contribution in [0.5, 0.6) is 0 Å². The summed E-state index contributed by atoms with van der Waals surface area (Å²) in [6.45, 7) is 0. The molecule has 0 bridgehead atoms. The van der Waals surface area contributed by atoms with Crippen molar-refractivity contribution < 1.29 is 4.42 Å². The van der Waals surface area contributed by atoms with Crippen LogP contribution in [0.25, 0.3) is 11.0 Å². The van der Waals surface area contributed by atoms with Crippen molar-refractivity contribution in [3.05, 3.63) is 64.6 Å². The molecule has 2 heterocycles. The van der Waals surface area contributed by atoms with Crippen molar-refractivity contribution >= 4 is 26.9 Å². The molecule has 0 fully saturated rings. The zero-order valence-electron chi connectivity index (χ0n) is 11.1. The summed E-state index contributed by atoms with van der Waals surface area (Å²) in [7, 11) is 1.96. The smallest absolute Gasteiger partial charge is 0.134 e. The van der Waals surface area contributed by atoms with Crippen molar-refractivity contribution in [2.24, 2.45) is 0 Å². The SMILES string of the molecule is CNC(Cc1ccc(Br)cn1)c1coc2ccccc12. The lowest BCUT2D eigenvalue weighted by Gasteiger charge is -2.14. The van der Waals surface area contributed by atoms with E-state index in [-0.39, 0.29) is 6.04 Å². The van der Waals surface area contributed by atoms with E-state index < -0.39 is 0 Å². The van der Waals surface area contributed by atoms with E-state index >= 15 is 0 Å². The van der Waals surface area contributed by atoms with Gasteiger partial charge in [0.1, 0.15) is 5.58 Å². The Bertz CT molecular complexity index is 706. The molecule has 1 aromatic carbocycles. The van der Waals surface area contributed by atoms with Gasteiger partial charge in [-0.3, -0.25) is 4.98 Å². The van der Waals surface area contributed by atoms with Gasteiger partial charge in [-0.2, -0.15) is 0 Å². The fourth-order valence-electron chi connectivity index (χ4n) is 2.37. The number of hydrogen-bond acceptors (Lipinski definition) is 3. The highest BCUT2D eigenvalue weighted by molar-refractivity contribution is 9.10. The molecule has 2 aromatic heterocycles. The number of rotatable bonds is 4. The quantitative estimate of drug-likeness (QED) is 0.782. The zero-order chi connectivity index (χ0) is 13.9. The predicted octanol–water partition coefficient (Wildman–Crippen LogP) is 4.09. The molecular formula is C16H15BrN2O. The molecule has 1 atom stereocenters. The van der Waals surface area contributed by atoms with Crippen LogP contribution < -0.4 is 5.32 Å². The van der Waals surface area contributed by atoms with Gasteiger partial charge in [0.15, 0.2) is 0 Å². The molecule has 0 aliphatic carbocycles. The number of nitrogens with one attached hydrogen (secondary N) is 1. The first kappa shape index (κ1) is 13.3. The topological polar surface area (TPSA) is 38.1 Å². The lowest BCUT2D eigenvalue weighted by atomic mass is 10.0. The van der Waals surface area contributed by atoms with Gasteiger partial charge in [-0.15, -0.1) is 0 Å². The molecule has 0 spiro atoms. The van der Waals surface area contributed by atoms with Crippen LogP contribution in [-0.2, 0) is 6.42 Å². The molecule has 0 radical (unpaired) electrons. The minimum Gasteiger partial charge on any atom is -0.464 e. The van der Waals surface area contributed by atoms with Crippen LogP contribution in [0.15, 0.2) is 57.7 Å². The number of fused-ring (bicyclic) bond motifs is 1. The second-order valence-corrected chi connectivity index (χ2v) is 5.62. The standard InChI is InChI=1S/C16H15BrN2O/c1-18-15(8-12-7-6-11(17)9-19-12)14-10-20-16-5-3-2-4-13(14)16/h2-7,9-10,15,18H,8H2,1H3. The third-order valence-electron chi connectivity index (χ3n) is 3.44. The van der Waals surface area contributed by atoms with Crippen molar-refractivity contribution in [2.75, 3.05) is 7.05 Å². The molecular weight excluding hydrogens is 316 g/mol. The van der Waals surface area contributed by atoms with Crippen LogP contribution in [0, 0.1) is 0 Å². The van der Waals surface area contributed by atoms with E-state index in [2.05, 4.69) is 32.3 Å². The van der Waals surface area contributed by atoms with E-state index in [9.17, 15) is 0 Å². The maximum absolute atomic E-state index is 5.62. The van der Waals surface area contributed by atoms with Gasteiger partial charge in [-0.25, -0.2) is 0 Å². The summed E-state index contributed by atoms with van der Waals surface area (Å²) >= 11 is 3.41. The summed E-state index contributed by atoms with van der Waals surface area (Å²) < 4.78 is 6.62. The van der Waals surface area contributed by atoms with E-state index in [4.69, 9.17) is 4.42 Å². The van der Waals surface area contributed by atoms with Gasteiger partial charge in [0, 0.05) is 39.8 Å². The van der Waals surface area contributed by atoms with E-state index in [0.717, 1.165) is 27.6 Å². The van der Waals surface area contributed by atoms with Gasteiger partial charge in [0.25, 0.3) is 0 Å². The number of pyridine rings is 1. The third-order valence-corrected chi connectivity index (χ3v) is 3.91. The first-order valence-electron chi connectivity index (χ1n) is 6.52. The molecule has 0 aliphatic heterocycles. The highest BCUT2D eigenvalue weighted by atomic mass is 79.9.